The van der Waals surface area contributed by atoms with E-state index in [1.54, 1.807) is 10.9 Å². The highest BCUT2D eigenvalue weighted by molar-refractivity contribution is 5.74. The van der Waals surface area contributed by atoms with Gasteiger partial charge in [-0.05, 0) is 24.5 Å². The van der Waals surface area contributed by atoms with E-state index in [0.29, 0.717) is 17.7 Å². The Morgan fingerprint density at radius 3 is 2.76 bits per heavy atom. The van der Waals surface area contributed by atoms with Crippen LogP contribution in [0.5, 0.6) is 0 Å². The number of rotatable bonds is 2. The quantitative estimate of drug-likeness (QED) is 0.857. The van der Waals surface area contributed by atoms with Gasteiger partial charge in [-0.15, -0.1) is 0 Å². The van der Waals surface area contributed by atoms with E-state index in [1.807, 2.05) is 25.2 Å². The van der Waals surface area contributed by atoms with Crippen LogP contribution in [0.4, 0.5) is 5.82 Å². The fourth-order valence-electron chi connectivity index (χ4n) is 2.29. The molecule has 2 N–H and O–H groups in total. The molecule has 1 saturated carbocycles. The van der Waals surface area contributed by atoms with Crippen LogP contribution in [0.2, 0.25) is 0 Å². The van der Waals surface area contributed by atoms with Crippen molar-refractivity contribution in [2.24, 2.45) is 13.0 Å². The third-order valence-electron chi connectivity index (χ3n) is 3.50. The number of pyridine rings is 1. The third kappa shape index (κ3) is 1.60. The zero-order valence-corrected chi connectivity index (χ0v) is 10.1. The summed E-state index contributed by atoms with van der Waals surface area (Å²) in [5.74, 6) is 1.97. The van der Waals surface area contributed by atoms with E-state index >= 15 is 0 Å². The average molecular weight is 228 g/mol. The zero-order valence-electron chi connectivity index (χ0n) is 10.1. The smallest absolute Gasteiger partial charge is 0.131 e. The van der Waals surface area contributed by atoms with Gasteiger partial charge in [-0.3, -0.25) is 9.67 Å². The minimum Gasteiger partial charge on any atom is -0.383 e. The first-order chi connectivity index (χ1) is 8.18. The maximum atomic E-state index is 6.11. The SMILES string of the molecule is CC1CC1c1nn(C)c(N)c1-c1ccccn1. The second-order valence-electron chi connectivity index (χ2n) is 4.80. The Labute approximate surface area is 100 Å². The molecule has 4 nitrogen and oxygen atoms in total. The van der Waals surface area contributed by atoms with Crippen LogP contribution < -0.4 is 5.73 Å². The van der Waals surface area contributed by atoms with Crippen molar-refractivity contribution < 1.29 is 0 Å². The normalized spacial score (nSPS) is 22.7. The molecule has 3 rings (SSSR count). The van der Waals surface area contributed by atoms with Crippen LogP contribution in [0.1, 0.15) is 25.0 Å². The van der Waals surface area contributed by atoms with Crippen LogP contribution in [0.3, 0.4) is 0 Å². The van der Waals surface area contributed by atoms with E-state index in [4.69, 9.17) is 5.73 Å². The Hall–Kier alpha value is -1.84. The van der Waals surface area contributed by atoms with Gasteiger partial charge in [-0.1, -0.05) is 13.0 Å². The molecule has 0 radical (unpaired) electrons. The van der Waals surface area contributed by atoms with Gasteiger partial charge < -0.3 is 5.73 Å². The summed E-state index contributed by atoms with van der Waals surface area (Å²) < 4.78 is 1.75. The Kier molecular flexibility index (Phi) is 2.18. The number of aryl methyl sites for hydroxylation is 1. The minimum absolute atomic E-state index is 0.551. The fourth-order valence-corrected chi connectivity index (χ4v) is 2.29. The highest BCUT2D eigenvalue weighted by atomic mass is 15.3. The fraction of sp³-hybridized carbons (Fsp3) is 0.385. The number of hydrogen-bond acceptors (Lipinski definition) is 3. The van der Waals surface area contributed by atoms with E-state index in [-0.39, 0.29) is 0 Å². The van der Waals surface area contributed by atoms with Crippen molar-refractivity contribution in [1.82, 2.24) is 14.8 Å². The van der Waals surface area contributed by atoms with Crippen LogP contribution in [0.25, 0.3) is 11.3 Å². The summed E-state index contributed by atoms with van der Waals surface area (Å²) in [5.41, 5.74) is 9.15. The molecule has 17 heavy (non-hydrogen) atoms. The molecule has 0 amide bonds. The van der Waals surface area contributed by atoms with Crippen LogP contribution in [-0.4, -0.2) is 14.8 Å². The second kappa shape index (κ2) is 3.58. The molecular weight excluding hydrogens is 212 g/mol. The Bertz CT molecular complexity index is 544. The van der Waals surface area contributed by atoms with Gasteiger partial charge in [0, 0.05) is 19.2 Å². The Morgan fingerprint density at radius 1 is 1.41 bits per heavy atom. The van der Waals surface area contributed by atoms with Crippen molar-refractivity contribution in [3.63, 3.8) is 0 Å². The van der Waals surface area contributed by atoms with Gasteiger partial charge in [0.25, 0.3) is 0 Å². The van der Waals surface area contributed by atoms with Crippen molar-refractivity contribution in [2.75, 3.05) is 5.73 Å². The van der Waals surface area contributed by atoms with Crippen molar-refractivity contribution in [1.29, 1.82) is 0 Å². The number of hydrogen-bond donors (Lipinski definition) is 1. The lowest BCUT2D eigenvalue weighted by molar-refractivity contribution is 0.743. The third-order valence-corrected chi connectivity index (χ3v) is 3.50. The molecule has 1 aliphatic carbocycles. The zero-order chi connectivity index (χ0) is 12.0. The summed E-state index contributed by atoms with van der Waals surface area (Å²) in [4.78, 5) is 4.39. The van der Waals surface area contributed by atoms with Crippen LogP contribution >= 0.6 is 0 Å². The Balaban J connectivity index is 2.15. The summed E-state index contributed by atoms with van der Waals surface area (Å²) in [6.45, 7) is 2.25. The molecule has 1 aliphatic rings. The molecule has 88 valence electrons. The van der Waals surface area contributed by atoms with Crippen molar-refractivity contribution in [2.45, 2.75) is 19.3 Å². The van der Waals surface area contributed by atoms with Crippen molar-refractivity contribution >= 4 is 5.82 Å². The van der Waals surface area contributed by atoms with E-state index < -0.39 is 0 Å². The lowest BCUT2D eigenvalue weighted by Gasteiger charge is -2.02. The molecule has 0 aromatic carbocycles. The highest BCUT2D eigenvalue weighted by Gasteiger charge is 2.39. The lowest BCUT2D eigenvalue weighted by Crippen LogP contribution is -1.98. The van der Waals surface area contributed by atoms with Gasteiger partial charge in [-0.25, -0.2) is 0 Å². The van der Waals surface area contributed by atoms with Gasteiger partial charge in [0.15, 0.2) is 0 Å². The molecule has 0 bridgehead atoms. The largest absolute Gasteiger partial charge is 0.383 e. The number of aromatic nitrogens is 3. The maximum Gasteiger partial charge on any atom is 0.131 e. The molecule has 2 aromatic rings. The van der Waals surface area contributed by atoms with Gasteiger partial charge in [0.05, 0.1) is 17.0 Å². The van der Waals surface area contributed by atoms with Crippen molar-refractivity contribution in [3.8, 4) is 11.3 Å². The predicted octanol–water partition coefficient (Wildman–Crippen LogP) is 2.19. The van der Waals surface area contributed by atoms with Gasteiger partial charge in [-0.2, -0.15) is 5.10 Å². The molecule has 0 aliphatic heterocycles. The average Bonchev–Trinajstić information content (AvgIpc) is 2.98. The van der Waals surface area contributed by atoms with Gasteiger partial charge >= 0.3 is 0 Å². The maximum absolute atomic E-state index is 6.11. The van der Waals surface area contributed by atoms with E-state index in [9.17, 15) is 0 Å². The standard InChI is InChI=1S/C13H16N4/c1-8-7-9(8)12-11(13(14)17(2)16-12)10-5-3-4-6-15-10/h3-6,8-9H,7,14H2,1-2H3. The van der Waals surface area contributed by atoms with Crippen LogP contribution in [-0.2, 0) is 7.05 Å². The second-order valence-corrected chi connectivity index (χ2v) is 4.80. The molecule has 0 spiro atoms. The summed E-state index contributed by atoms with van der Waals surface area (Å²) in [6.07, 6.45) is 3.00. The summed E-state index contributed by atoms with van der Waals surface area (Å²) in [7, 11) is 1.89. The first kappa shape index (κ1) is 10.3. The predicted molar refractivity (Wildman–Crippen MR) is 67.4 cm³/mol. The summed E-state index contributed by atoms with van der Waals surface area (Å²) >= 11 is 0. The van der Waals surface area contributed by atoms with Gasteiger partial charge in [0.1, 0.15) is 5.82 Å². The molecule has 0 saturated heterocycles. The van der Waals surface area contributed by atoms with Gasteiger partial charge in [0.2, 0.25) is 0 Å². The Morgan fingerprint density at radius 2 is 2.18 bits per heavy atom. The molecule has 2 unspecified atom stereocenters. The van der Waals surface area contributed by atoms with E-state index in [1.165, 1.54) is 6.42 Å². The molecule has 2 atom stereocenters. The number of nitrogen functional groups attached to an aromatic ring is 1. The molecule has 4 heteroatoms. The summed E-state index contributed by atoms with van der Waals surface area (Å²) in [6, 6.07) is 5.88. The first-order valence-electron chi connectivity index (χ1n) is 5.92. The van der Waals surface area contributed by atoms with E-state index in [2.05, 4.69) is 17.0 Å². The van der Waals surface area contributed by atoms with Crippen LogP contribution in [0.15, 0.2) is 24.4 Å². The van der Waals surface area contributed by atoms with Crippen molar-refractivity contribution in [3.05, 3.63) is 30.1 Å². The highest BCUT2D eigenvalue weighted by Crippen LogP contribution is 2.50. The molecule has 1 fully saturated rings. The number of nitrogens with zero attached hydrogens (tertiary/aromatic N) is 3. The monoisotopic (exact) mass is 228 g/mol. The molecule has 2 heterocycles. The molecule has 2 aromatic heterocycles. The number of nitrogens with two attached hydrogens (primary N) is 1. The molecular formula is C13H16N4. The topological polar surface area (TPSA) is 56.7 Å². The number of anilines is 1. The first-order valence-corrected chi connectivity index (χ1v) is 5.92. The summed E-state index contributed by atoms with van der Waals surface area (Å²) in [5, 5.41) is 4.55. The van der Waals surface area contributed by atoms with Crippen LogP contribution in [0, 0.1) is 5.92 Å². The van der Waals surface area contributed by atoms with E-state index in [0.717, 1.165) is 17.0 Å². The lowest BCUT2D eigenvalue weighted by atomic mass is 10.1. The minimum atomic E-state index is 0.551.